The van der Waals surface area contributed by atoms with Gasteiger partial charge < -0.3 is 15.0 Å². The Labute approximate surface area is 171 Å². The molecule has 1 N–H and O–H groups in total. The van der Waals surface area contributed by atoms with Crippen molar-refractivity contribution in [3.05, 3.63) is 47.9 Å². The maximum absolute atomic E-state index is 13.3. The highest BCUT2D eigenvalue weighted by Crippen LogP contribution is 2.29. The van der Waals surface area contributed by atoms with Crippen molar-refractivity contribution in [1.82, 2.24) is 20.2 Å². The number of ether oxygens (including phenoxy) is 1. The SMILES string of the molecule is COC1(C(=O)NC(C)C)CCN(C(=O)c2cnc(C)nc2-c2ccccc2)CC1. The first-order valence-corrected chi connectivity index (χ1v) is 9.91. The Bertz CT molecular complexity index is 875. The van der Waals surface area contributed by atoms with Crippen molar-refractivity contribution < 1.29 is 14.3 Å². The number of nitrogens with zero attached hydrogens (tertiary/aromatic N) is 3. The van der Waals surface area contributed by atoms with Crippen molar-refractivity contribution >= 4 is 11.8 Å². The van der Waals surface area contributed by atoms with Crippen molar-refractivity contribution in [2.24, 2.45) is 0 Å². The van der Waals surface area contributed by atoms with E-state index in [0.717, 1.165) is 5.56 Å². The van der Waals surface area contributed by atoms with Crippen LogP contribution < -0.4 is 5.32 Å². The van der Waals surface area contributed by atoms with E-state index in [2.05, 4.69) is 15.3 Å². The van der Waals surface area contributed by atoms with Gasteiger partial charge in [0.2, 0.25) is 0 Å². The van der Waals surface area contributed by atoms with Crippen LogP contribution in [0.1, 0.15) is 42.9 Å². The van der Waals surface area contributed by atoms with Gasteiger partial charge >= 0.3 is 0 Å². The molecule has 7 nitrogen and oxygen atoms in total. The highest BCUT2D eigenvalue weighted by atomic mass is 16.5. The molecule has 1 aromatic heterocycles. The Kier molecular flexibility index (Phi) is 6.27. The minimum absolute atomic E-state index is 0.0346. The van der Waals surface area contributed by atoms with E-state index >= 15 is 0 Å². The van der Waals surface area contributed by atoms with Crippen LogP contribution in [0, 0.1) is 6.92 Å². The van der Waals surface area contributed by atoms with Crippen LogP contribution >= 0.6 is 0 Å². The lowest BCUT2D eigenvalue weighted by molar-refractivity contribution is -0.149. The number of carbonyl (C=O) groups excluding carboxylic acids is 2. The standard InChI is InChI=1S/C22H28N4O3/c1-15(2)24-21(28)22(29-4)10-12-26(13-11-22)20(27)18-14-23-16(3)25-19(18)17-8-6-5-7-9-17/h5-9,14-15H,10-13H2,1-4H3,(H,24,28). The van der Waals surface area contributed by atoms with Crippen molar-refractivity contribution in [2.75, 3.05) is 20.2 Å². The summed E-state index contributed by atoms with van der Waals surface area (Å²) in [7, 11) is 1.55. The zero-order valence-electron chi connectivity index (χ0n) is 17.4. The first kappa shape index (κ1) is 20.9. The number of amides is 2. The summed E-state index contributed by atoms with van der Waals surface area (Å²) in [5.74, 6) is 0.367. The zero-order valence-corrected chi connectivity index (χ0v) is 17.4. The fraction of sp³-hybridized carbons (Fsp3) is 0.455. The lowest BCUT2D eigenvalue weighted by Crippen LogP contribution is -2.56. The molecule has 0 saturated carbocycles. The van der Waals surface area contributed by atoms with Crippen LogP contribution in [0.3, 0.4) is 0 Å². The Morgan fingerprint density at radius 2 is 1.83 bits per heavy atom. The molecule has 29 heavy (non-hydrogen) atoms. The van der Waals surface area contributed by atoms with E-state index in [9.17, 15) is 9.59 Å². The number of benzene rings is 1. The molecule has 1 aliphatic rings. The fourth-order valence-corrected chi connectivity index (χ4v) is 3.60. The molecule has 0 spiro atoms. The number of aryl methyl sites for hydroxylation is 1. The molecule has 7 heteroatoms. The molecular formula is C22H28N4O3. The van der Waals surface area contributed by atoms with Gasteiger partial charge in [0.15, 0.2) is 0 Å². The molecule has 2 heterocycles. The number of hydrogen-bond donors (Lipinski definition) is 1. The summed E-state index contributed by atoms with van der Waals surface area (Å²) in [6.45, 7) is 6.51. The number of carbonyl (C=O) groups is 2. The van der Waals surface area contributed by atoms with Gasteiger partial charge in [-0.15, -0.1) is 0 Å². The molecular weight excluding hydrogens is 368 g/mol. The number of nitrogens with one attached hydrogen (secondary N) is 1. The van der Waals surface area contributed by atoms with Gasteiger partial charge in [-0.05, 0) is 20.8 Å². The second-order valence-corrected chi connectivity index (χ2v) is 7.66. The van der Waals surface area contributed by atoms with E-state index < -0.39 is 5.60 Å². The third kappa shape index (κ3) is 4.45. The summed E-state index contributed by atoms with van der Waals surface area (Å²) >= 11 is 0. The summed E-state index contributed by atoms with van der Waals surface area (Å²) < 4.78 is 5.61. The number of hydrogen-bond acceptors (Lipinski definition) is 5. The van der Waals surface area contributed by atoms with Crippen LogP contribution in [-0.4, -0.2) is 58.5 Å². The molecule has 0 radical (unpaired) electrons. The zero-order chi connectivity index (χ0) is 21.0. The van der Waals surface area contributed by atoms with Gasteiger partial charge in [0.1, 0.15) is 11.4 Å². The van der Waals surface area contributed by atoms with Gasteiger partial charge in [0.25, 0.3) is 11.8 Å². The Morgan fingerprint density at radius 1 is 1.17 bits per heavy atom. The summed E-state index contributed by atoms with van der Waals surface area (Å²) in [5.41, 5.74) is 1.08. The molecule has 1 fully saturated rings. The molecule has 1 aromatic carbocycles. The van der Waals surface area contributed by atoms with E-state index in [1.807, 2.05) is 51.1 Å². The van der Waals surface area contributed by atoms with Crippen LogP contribution in [0.5, 0.6) is 0 Å². The first-order valence-electron chi connectivity index (χ1n) is 9.91. The predicted molar refractivity (Wildman–Crippen MR) is 110 cm³/mol. The van der Waals surface area contributed by atoms with Crippen molar-refractivity contribution in [3.63, 3.8) is 0 Å². The Hall–Kier alpha value is -2.80. The Morgan fingerprint density at radius 3 is 2.41 bits per heavy atom. The van der Waals surface area contributed by atoms with Gasteiger partial charge in [-0.1, -0.05) is 30.3 Å². The summed E-state index contributed by atoms with van der Waals surface area (Å²) in [5, 5.41) is 2.93. The van der Waals surface area contributed by atoms with Crippen LogP contribution in [0.15, 0.2) is 36.5 Å². The topological polar surface area (TPSA) is 84.4 Å². The lowest BCUT2D eigenvalue weighted by Gasteiger charge is -2.40. The van der Waals surface area contributed by atoms with Crippen molar-refractivity contribution in [3.8, 4) is 11.3 Å². The van der Waals surface area contributed by atoms with Gasteiger partial charge in [-0.25, -0.2) is 9.97 Å². The number of methoxy groups -OCH3 is 1. The maximum Gasteiger partial charge on any atom is 0.257 e. The van der Waals surface area contributed by atoms with Crippen molar-refractivity contribution in [2.45, 2.75) is 45.3 Å². The van der Waals surface area contributed by atoms with Crippen LogP contribution in [0.2, 0.25) is 0 Å². The van der Waals surface area contributed by atoms with E-state index in [4.69, 9.17) is 4.74 Å². The second kappa shape index (κ2) is 8.69. The monoisotopic (exact) mass is 396 g/mol. The molecule has 0 bridgehead atoms. The Balaban J connectivity index is 1.81. The van der Waals surface area contributed by atoms with Crippen LogP contribution in [-0.2, 0) is 9.53 Å². The van der Waals surface area contributed by atoms with E-state index in [1.165, 1.54) is 0 Å². The number of likely N-dealkylation sites (tertiary alicyclic amines) is 1. The highest BCUT2D eigenvalue weighted by molar-refractivity contribution is 6.00. The number of piperidine rings is 1. The first-order chi connectivity index (χ1) is 13.9. The minimum atomic E-state index is -0.896. The summed E-state index contributed by atoms with van der Waals surface area (Å²) in [6, 6.07) is 9.66. The molecule has 2 amide bonds. The average molecular weight is 396 g/mol. The summed E-state index contributed by atoms with van der Waals surface area (Å²) in [4.78, 5) is 36.4. The molecule has 0 unspecified atom stereocenters. The van der Waals surface area contributed by atoms with Gasteiger partial charge in [0, 0.05) is 50.8 Å². The van der Waals surface area contributed by atoms with Gasteiger partial charge in [0.05, 0.1) is 11.3 Å². The molecule has 3 rings (SSSR count). The predicted octanol–water partition coefficient (Wildman–Crippen LogP) is 2.60. The van der Waals surface area contributed by atoms with Gasteiger partial charge in [-0.3, -0.25) is 9.59 Å². The average Bonchev–Trinajstić information content (AvgIpc) is 2.73. The third-order valence-electron chi connectivity index (χ3n) is 5.27. The summed E-state index contributed by atoms with van der Waals surface area (Å²) in [6.07, 6.45) is 2.49. The molecule has 0 atom stereocenters. The quantitative estimate of drug-likeness (QED) is 0.840. The molecule has 154 valence electrons. The lowest BCUT2D eigenvalue weighted by atomic mass is 9.89. The maximum atomic E-state index is 13.3. The number of aromatic nitrogens is 2. The molecule has 1 saturated heterocycles. The van der Waals surface area contributed by atoms with Crippen molar-refractivity contribution in [1.29, 1.82) is 0 Å². The smallest absolute Gasteiger partial charge is 0.257 e. The van der Waals surface area contributed by atoms with E-state index in [0.29, 0.717) is 43.0 Å². The molecule has 2 aromatic rings. The molecule has 0 aliphatic carbocycles. The van der Waals surface area contributed by atoms with Gasteiger partial charge in [-0.2, -0.15) is 0 Å². The molecule has 1 aliphatic heterocycles. The normalized spacial score (nSPS) is 16.0. The number of rotatable bonds is 5. The van der Waals surface area contributed by atoms with Crippen LogP contribution in [0.25, 0.3) is 11.3 Å². The van der Waals surface area contributed by atoms with E-state index in [1.54, 1.807) is 18.2 Å². The fourth-order valence-electron chi connectivity index (χ4n) is 3.60. The minimum Gasteiger partial charge on any atom is -0.368 e. The van der Waals surface area contributed by atoms with E-state index in [-0.39, 0.29) is 17.9 Å². The second-order valence-electron chi connectivity index (χ2n) is 7.66. The van der Waals surface area contributed by atoms with Crippen LogP contribution in [0.4, 0.5) is 0 Å². The largest absolute Gasteiger partial charge is 0.368 e. The third-order valence-corrected chi connectivity index (χ3v) is 5.27. The highest BCUT2D eigenvalue weighted by Gasteiger charge is 2.43.